The van der Waals surface area contributed by atoms with E-state index in [0.29, 0.717) is 5.82 Å². The molecule has 0 spiro atoms. The molecule has 3 aromatic rings. The highest BCUT2D eigenvalue weighted by molar-refractivity contribution is 6.03. The van der Waals surface area contributed by atoms with Crippen LogP contribution in [0.3, 0.4) is 0 Å². The molecule has 1 atom stereocenters. The number of urea groups is 1. The molecule has 1 aliphatic heterocycles. The number of rotatable bonds is 2. The SMILES string of the molecule is Cc1cncc(-c2ccc3c(n2)N(C(=O)Nc2ccc(F)cn2)[C@H](C)CCN3)c1. The lowest BCUT2D eigenvalue weighted by Crippen LogP contribution is -2.42. The van der Waals surface area contributed by atoms with Crippen LogP contribution in [0.15, 0.2) is 48.9 Å². The molecule has 4 heterocycles. The molecule has 0 unspecified atom stereocenters. The van der Waals surface area contributed by atoms with Gasteiger partial charge in [0.15, 0.2) is 5.82 Å². The molecule has 7 nitrogen and oxygen atoms in total. The fraction of sp³-hybridized carbons (Fsp3) is 0.238. The highest BCUT2D eigenvalue weighted by Crippen LogP contribution is 2.32. The summed E-state index contributed by atoms with van der Waals surface area (Å²) in [5.41, 5.74) is 3.42. The number of hydrogen-bond donors (Lipinski definition) is 2. The molecule has 0 fully saturated rings. The van der Waals surface area contributed by atoms with Crippen molar-refractivity contribution in [3.8, 4) is 11.3 Å². The number of nitrogens with one attached hydrogen (secondary N) is 2. The second-order valence-electron chi connectivity index (χ2n) is 7.04. The zero-order valence-electron chi connectivity index (χ0n) is 16.2. The number of nitrogens with zero attached hydrogens (tertiary/aromatic N) is 4. The van der Waals surface area contributed by atoms with Crippen LogP contribution in [-0.2, 0) is 0 Å². The maximum Gasteiger partial charge on any atom is 0.328 e. The van der Waals surface area contributed by atoms with Crippen molar-refractivity contribution in [2.45, 2.75) is 26.3 Å². The molecule has 29 heavy (non-hydrogen) atoms. The van der Waals surface area contributed by atoms with Crippen molar-refractivity contribution in [2.75, 3.05) is 22.1 Å². The Balaban J connectivity index is 1.71. The largest absolute Gasteiger partial charge is 0.382 e. The van der Waals surface area contributed by atoms with Crippen LogP contribution in [0.25, 0.3) is 11.3 Å². The van der Waals surface area contributed by atoms with E-state index in [9.17, 15) is 9.18 Å². The lowest BCUT2D eigenvalue weighted by atomic mass is 10.1. The van der Waals surface area contributed by atoms with Gasteiger partial charge in [-0.25, -0.2) is 19.2 Å². The van der Waals surface area contributed by atoms with E-state index in [4.69, 9.17) is 4.98 Å². The number of carbonyl (C=O) groups is 1. The molecule has 3 aromatic heterocycles. The topological polar surface area (TPSA) is 83.0 Å². The van der Waals surface area contributed by atoms with Crippen molar-refractivity contribution in [3.05, 3.63) is 60.3 Å². The molecular formula is C21H21FN6O. The number of pyridine rings is 3. The number of hydrogen-bond acceptors (Lipinski definition) is 5. The van der Waals surface area contributed by atoms with E-state index in [-0.39, 0.29) is 17.9 Å². The molecule has 1 aliphatic rings. The third kappa shape index (κ3) is 4.01. The fourth-order valence-electron chi connectivity index (χ4n) is 3.30. The minimum Gasteiger partial charge on any atom is -0.382 e. The molecule has 4 rings (SSSR count). The summed E-state index contributed by atoms with van der Waals surface area (Å²) in [7, 11) is 0. The maximum absolute atomic E-state index is 13.1. The second kappa shape index (κ2) is 7.83. The molecule has 0 saturated heterocycles. The predicted molar refractivity (Wildman–Crippen MR) is 110 cm³/mol. The summed E-state index contributed by atoms with van der Waals surface area (Å²) < 4.78 is 13.1. The van der Waals surface area contributed by atoms with Gasteiger partial charge in [0, 0.05) is 30.5 Å². The zero-order valence-corrected chi connectivity index (χ0v) is 16.2. The number of aromatic nitrogens is 3. The number of halogens is 1. The maximum atomic E-state index is 13.1. The average molecular weight is 392 g/mol. The number of carbonyl (C=O) groups excluding carboxylic acids is 1. The Hall–Kier alpha value is -3.55. The van der Waals surface area contributed by atoms with Gasteiger partial charge in [0.05, 0.1) is 17.6 Å². The van der Waals surface area contributed by atoms with E-state index in [1.807, 2.05) is 32.0 Å². The second-order valence-corrected chi connectivity index (χ2v) is 7.04. The Bertz CT molecular complexity index is 1040. The van der Waals surface area contributed by atoms with Crippen molar-refractivity contribution < 1.29 is 9.18 Å². The summed E-state index contributed by atoms with van der Waals surface area (Å²) in [6, 6.07) is 8.06. The molecule has 2 N–H and O–H groups in total. The quantitative estimate of drug-likeness (QED) is 0.682. The van der Waals surface area contributed by atoms with Crippen LogP contribution in [0.1, 0.15) is 18.9 Å². The van der Waals surface area contributed by atoms with Gasteiger partial charge < -0.3 is 5.32 Å². The standard InChI is InChI=1S/C21H21FN6O/c1-13-9-15(11-23-10-13)17-4-5-18-20(26-17)28(14(2)7-8-24-18)21(29)27-19-6-3-16(22)12-25-19/h3-6,9-12,14,24H,7-8H2,1-2H3,(H,25,27,29)/t14-/m1/s1. The molecule has 2 amide bonds. The third-order valence-electron chi connectivity index (χ3n) is 4.77. The lowest BCUT2D eigenvalue weighted by Gasteiger charge is -2.27. The number of amides is 2. The number of fused-ring (bicyclic) bond motifs is 1. The van der Waals surface area contributed by atoms with Crippen LogP contribution in [0.5, 0.6) is 0 Å². The van der Waals surface area contributed by atoms with Crippen molar-refractivity contribution in [3.63, 3.8) is 0 Å². The lowest BCUT2D eigenvalue weighted by molar-refractivity contribution is 0.255. The van der Waals surface area contributed by atoms with Crippen LogP contribution in [0, 0.1) is 12.7 Å². The summed E-state index contributed by atoms with van der Waals surface area (Å²) in [6.07, 6.45) is 5.36. The highest BCUT2D eigenvalue weighted by atomic mass is 19.1. The Morgan fingerprint density at radius 3 is 2.86 bits per heavy atom. The Labute approximate surface area is 168 Å². The normalized spacial score (nSPS) is 15.8. The smallest absolute Gasteiger partial charge is 0.328 e. The summed E-state index contributed by atoms with van der Waals surface area (Å²) in [5.74, 6) is 0.355. The summed E-state index contributed by atoms with van der Waals surface area (Å²) in [4.78, 5) is 27.6. The van der Waals surface area contributed by atoms with Crippen molar-refractivity contribution in [1.82, 2.24) is 15.0 Å². The van der Waals surface area contributed by atoms with Crippen LogP contribution >= 0.6 is 0 Å². The molecule has 0 saturated carbocycles. The van der Waals surface area contributed by atoms with Gasteiger partial charge in [-0.3, -0.25) is 15.2 Å². The summed E-state index contributed by atoms with van der Waals surface area (Å²) in [6.45, 7) is 4.66. The minimum atomic E-state index is -0.459. The van der Waals surface area contributed by atoms with Crippen LogP contribution in [0.2, 0.25) is 0 Å². The first kappa shape index (κ1) is 18.8. The summed E-state index contributed by atoms with van der Waals surface area (Å²) in [5, 5.41) is 6.07. The van der Waals surface area contributed by atoms with E-state index in [0.717, 1.165) is 41.7 Å². The van der Waals surface area contributed by atoms with E-state index < -0.39 is 5.82 Å². The Kier molecular flexibility index (Phi) is 5.07. The molecule has 0 aromatic carbocycles. The van der Waals surface area contributed by atoms with Gasteiger partial charge >= 0.3 is 6.03 Å². The molecule has 148 valence electrons. The molecule has 0 aliphatic carbocycles. The van der Waals surface area contributed by atoms with Gasteiger partial charge in [-0.05, 0) is 56.2 Å². The van der Waals surface area contributed by atoms with E-state index in [1.165, 1.54) is 12.1 Å². The van der Waals surface area contributed by atoms with Gasteiger partial charge in [-0.15, -0.1) is 0 Å². The van der Waals surface area contributed by atoms with Crippen LogP contribution in [-0.4, -0.2) is 33.6 Å². The zero-order chi connectivity index (χ0) is 20.4. The number of aryl methyl sites for hydroxylation is 1. The number of anilines is 3. The first-order valence-electron chi connectivity index (χ1n) is 9.40. The first-order chi connectivity index (χ1) is 14.0. The predicted octanol–water partition coefficient (Wildman–Crippen LogP) is 4.23. The molecular weight excluding hydrogens is 371 g/mol. The molecule has 8 heteroatoms. The van der Waals surface area contributed by atoms with Crippen molar-refractivity contribution in [2.24, 2.45) is 0 Å². The monoisotopic (exact) mass is 392 g/mol. The Morgan fingerprint density at radius 1 is 1.24 bits per heavy atom. The van der Waals surface area contributed by atoms with Gasteiger partial charge in [-0.2, -0.15) is 0 Å². The van der Waals surface area contributed by atoms with Crippen LogP contribution in [0.4, 0.5) is 26.5 Å². The fourth-order valence-corrected chi connectivity index (χ4v) is 3.30. The van der Waals surface area contributed by atoms with E-state index in [1.54, 1.807) is 17.3 Å². The van der Waals surface area contributed by atoms with Gasteiger partial charge in [0.2, 0.25) is 0 Å². The van der Waals surface area contributed by atoms with Gasteiger partial charge in [-0.1, -0.05) is 0 Å². The molecule has 0 radical (unpaired) electrons. The average Bonchev–Trinajstić information content (AvgIpc) is 2.87. The Morgan fingerprint density at radius 2 is 2.10 bits per heavy atom. The van der Waals surface area contributed by atoms with Crippen LogP contribution < -0.4 is 15.5 Å². The summed E-state index contributed by atoms with van der Waals surface area (Å²) >= 11 is 0. The highest BCUT2D eigenvalue weighted by Gasteiger charge is 2.29. The molecule has 0 bridgehead atoms. The van der Waals surface area contributed by atoms with Crippen molar-refractivity contribution >= 4 is 23.4 Å². The van der Waals surface area contributed by atoms with E-state index >= 15 is 0 Å². The van der Waals surface area contributed by atoms with Crippen molar-refractivity contribution in [1.29, 1.82) is 0 Å². The third-order valence-corrected chi connectivity index (χ3v) is 4.77. The minimum absolute atomic E-state index is 0.0948. The van der Waals surface area contributed by atoms with E-state index in [2.05, 4.69) is 20.6 Å². The first-order valence-corrected chi connectivity index (χ1v) is 9.40. The van der Waals surface area contributed by atoms with Gasteiger partial charge in [0.1, 0.15) is 11.6 Å². The van der Waals surface area contributed by atoms with Gasteiger partial charge in [0.25, 0.3) is 0 Å².